The van der Waals surface area contributed by atoms with Crippen LogP contribution in [0.1, 0.15) is 193 Å². The average molecular weight is 805 g/mol. The maximum absolute atomic E-state index is 12.8. The van der Waals surface area contributed by atoms with Gasteiger partial charge in [-0.3, -0.25) is 9.59 Å². The molecular formula is C47H82NO9. The summed E-state index contributed by atoms with van der Waals surface area (Å²) >= 11 is 0. The van der Waals surface area contributed by atoms with Gasteiger partial charge in [-0.15, -0.1) is 0 Å². The molecule has 0 saturated carbocycles. The Kier molecular flexibility index (Phi) is 33.4. The summed E-state index contributed by atoms with van der Waals surface area (Å²) in [5.74, 6) is -0.692. The first-order valence-corrected chi connectivity index (χ1v) is 22.8. The summed E-state index contributed by atoms with van der Waals surface area (Å²) in [6.07, 6.45) is 19.4. The molecule has 1 rings (SSSR count). The van der Waals surface area contributed by atoms with Crippen molar-refractivity contribution in [3.63, 3.8) is 0 Å². The van der Waals surface area contributed by atoms with Gasteiger partial charge in [0, 0.05) is 32.6 Å². The van der Waals surface area contributed by atoms with Gasteiger partial charge >= 0.3 is 18.1 Å². The maximum atomic E-state index is 12.8. The molecule has 10 heteroatoms. The number of hydrogen-bond acceptors (Lipinski definition) is 10. The molecule has 0 aliphatic carbocycles. The molecular weight excluding hydrogens is 723 g/mol. The molecule has 0 heterocycles. The summed E-state index contributed by atoms with van der Waals surface area (Å²) in [5, 5.41) is 0. The van der Waals surface area contributed by atoms with Crippen molar-refractivity contribution < 1.29 is 42.8 Å². The van der Waals surface area contributed by atoms with Crippen LogP contribution in [-0.2, 0) is 51.2 Å². The number of ether oxygens (including phenoxy) is 6. The Morgan fingerprint density at radius 2 is 1.05 bits per heavy atom. The van der Waals surface area contributed by atoms with Gasteiger partial charge < -0.3 is 33.3 Å². The Balaban J connectivity index is 2.58. The van der Waals surface area contributed by atoms with E-state index in [1.807, 2.05) is 18.2 Å². The summed E-state index contributed by atoms with van der Waals surface area (Å²) in [6.45, 7) is 19.4. The third kappa shape index (κ3) is 30.1. The number of nitrogens with zero attached hydrogens (tertiary/aromatic N) is 1. The number of rotatable bonds is 38. The fourth-order valence-corrected chi connectivity index (χ4v) is 6.62. The van der Waals surface area contributed by atoms with Crippen LogP contribution in [0.3, 0.4) is 0 Å². The summed E-state index contributed by atoms with van der Waals surface area (Å²) in [4.78, 5) is 40.3. The van der Waals surface area contributed by atoms with Crippen molar-refractivity contribution in [2.45, 2.75) is 201 Å². The van der Waals surface area contributed by atoms with Gasteiger partial charge in [0.1, 0.15) is 19.3 Å². The smallest absolute Gasteiger partial charge is 0.461 e. The van der Waals surface area contributed by atoms with Crippen LogP contribution in [0.4, 0.5) is 4.79 Å². The molecule has 0 fully saturated rings. The minimum atomic E-state index is -0.683. The third-order valence-corrected chi connectivity index (χ3v) is 10.1. The number of carbonyl (C=O) groups is 3. The monoisotopic (exact) mass is 805 g/mol. The predicted molar refractivity (Wildman–Crippen MR) is 229 cm³/mol. The molecule has 1 radical (unpaired) electrons. The Labute approximate surface area is 347 Å². The van der Waals surface area contributed by atoms with E-state index >= 15 is 0 Å². The van der Waals surface area contributed by atoms with E-state index in [9.17, 15) is 14.4 Å². The van der Waals surface area contributed by atoms with E-state index in [1.54, 1.807) is 0 Å². The molecule has 0 aromatic heterocycles. The molecule has 0 amide bonds. The SMILES string of the molecule is [CH2]c1cc(COC(=O)CCC(CCCCCC)OC(=O)OCCCN(CC)CC)cc(COC(=O)CCC(OCCCCCCCC)OCCCCCCCC)c1. The Morgan fingerprint density at radius 3 is 1.58 bits per heavy atom. The second-order valence-electron chi connectivity index (χ2n) is 15.3. The van der Waals surface area contributed by atoms with Crippen LogP contribution in [0.5, 0.6) is 0 Å². The van der Waals surface area contributed by atoms with E-state index < -0.39 is 18.5 Å². The lowest BCUT2D eigenvalue weighted by atomic mass is 10.1. The molecule has 1 unspecified atom stereocenters. The van der Waals surface area contributed by atoms with E-state index in [1.165, 1.54) is 51.4 Å². The summed E-state index contributed by atoms with van der Waals surface area (Å²) < 4.78 is 34.4. The van der Waals surface area contributed by atoms with E-state index in [2.05, 4.69) is 46.4 Å². The molecule has 0 aliphatic rings. The van der Waals surface area contributed by atoms with Crippen molar-refractivity contribution in [2.75, 3.05) is 39.5 Å². The van der Waals surface area contributed by atoms with E-state index in [0.717, 1.165) is 94.1 Å². The lowest BCUT2D eigenvalue weighted by Gasteiger charge is -2.19. The molecule has 0 bridgehead atoms. The Morgan fingerprint density at radius 1 is 0.561 bits per heavy atom. The molecule has 0 saturated heterocycles. The quantitative estimate of drug-likeness (QED) is 0.0277. The maximum Gasteiger partial charge on any atom is 0.508 e. The fourth-order valence-electron chi connectivity index (χ4n) is 6.62. The van der Waals surface area contributed by atoms with E-state index in [0.29, 0.717) is 39.1 Å². The average Bonchev–Trinajstić information content (AvgIpc) is 3.20. The van der Waals surface area contributed by atoms with Crippen molar-refractivity contribution in [1.29, 1.82) is 0 Å². The standard InChI is InChI=1S/C47H82NO9/c1-7-12-15-18-20-23-32-52-46(53-33-24-21-19-16-13-8-2)30-29-45(50)56-39-42-36-40(6)35-41(37-42)38-55-44(49)28-27-43(26-22-17-14-9-3)57-47(51)54-34-25-31-48(10-4)11-5/h35-37,43,46H,6-34,38-39H2,1-5H3. The van der Waals surface area contributed by atoms with Gasteiger partial charge in [0.15, 0.2) is 6.29 Å². The lowest BCUT2D eigenvalue weighted by molar-refractivity contribution is -0.160. The van der Waals surface area contributed by atoms with Gasteiger partial charge in [-0.1, -0.05) is 130 Å². The molecule has 0 N–H and O–H groups in total. The molecule has 0 aliphatic heterocycles. The summed E-state index contributed by atoms with van der Waals surface area (Å²) in [6, 6.07) is 5.57. The predicted octanol–water partition coefficient (Wildman–Crippen LogP) is 11.8. The third-order valence-electron chi connectivity index (χ3n) is 10.1. The van der Waals surface area contributed by atoms with Crippen molar-refractivity contribution in [3.8, 4) is 0 Å². The van der Waals surface area contributed by atoms with Crippen molar-refractivity contribution >= 4 is 18.1 Å². The van der Waals surface area contributed by atoms with E-state index in [-0.39, 0.29) is 38.0 Å². The van der Waals surface area contributed by atoms with Crippen LogP contribution in [0.15, 0.2) is 18.2 Å². The minimum absolute atomic E-state index is 0.0628. The van der Waals surface area contributed by atoms with Gasteiger partial charge in [0.05, 0.1) is 13.0 Å². The highest BCUT2D eigenvalue weighted by atomic mass is 16.7. The molecule has 57 heavy (non-hydrogen) atoms. The zero-order valence-corrected chi connectivity index (χ0v) is 36.9. The van der Waals surface area contributed by atoms with Gasteiger partial charge in [-0.2, -0.15) is 0 Å². The summed E-state index contributed by atoms with van der Waals surface area (Å²) in [7, 11) is 0. The number of benzene rings is 1. The molecule has 1 atom stereocenters. The van der Waals surface area contributed by atoms with Crippen LogP contribution >= 0.6 is 0 Å². The zero-order chi connectivity index (χ0) is 41.8. The lowest BCUT2D eigenvalue weighted by Crippen LogP contribution is -2.26. The highest BCUT2D eigenvalue weighted by Gasteiger charge is 2.19. The molecule has 1 aromatic carbocycles. The molecule has 0 spiro atoms. The summed E-state index contributed by atoms with van der Waals surface area (Å²) in [5.41, 5.74) is 2.26. The fraction of sp³-hybridized carbons (Fsp3) is 0.787. The first-order chi connectivity index (χ1) is 27.7. The zero-order valence-electron chi connectivity index (χ0n) is 36.9. The van der Waals surface area contributed by atoms with Crippen LogP contribution < -0.4 is 0 Å². The van der Waals surface area contributed by atoms with Crippen molar-refractivity contribution in [2.24, 2.45) is 0 Å². The highest BCUT2D eigenvalue weighted by Crippen LogP contribution is 2.18. The first-order valence-electron chi connectivity index (χ1n) is 22.8. The number of hydrogen-bond donors (Lipinski definition) is 0. The normalized spacial score (nSPS) is 11.9. The molecule has 1 aromatic rings. The number of carbonyl (C=O) groups excluding carboxylic acids is 3. The van der Waals surface area contributed by atoms with Crippen molar-refractivity contribution in [3.05, 3.63) is 41.8 Å². The largest absolute Gasteiger partial charge is 0.508 e. The van der Waals surface area contributed by atoms with Gasteiger partial charge in [-0.05, 0) is 81.3 Å². The van der Waals surface area contributed by atoms with Crippen LogP contribution in [0.25, 0.3) is 0 Å². The van der Waals surface area contributed by atoms with Crippen LogP contribution in [0, 0.1) is 6.92 Å². The number of unbranched alkanes of at least 4 members (excludes halogenated alkanes) is 13. The van der Waals surface area contributed by atoms with Gasteiger partial charge in [0.2, 0.25) is 0 Å². The molecule has 329 valence electrons. The second kappa shape index (κ2) is 36.4. The van der Waals surface area contributed by atoms with Crippen LogP contribution in [-0.4, -0.2) is 74.8 Å². The van der Waals surface area contributed by atoms with Gasteiger partial charge in [-0.25, -0.2) is 4.79 Å². The topological polar surface area (TPSA) is 110 Å². The second-order valence-corrected chi connectivity index (χ2v) is 15.3. The van der Waals surface area contributed by atoms with Crippen molar-refractivity contribution in [1.82, 2.24) is 4.90 Å². The number of esters is 2. The Bertz CT molecular complexity index is 1120. The molecule has 10 nitrogen and oxygen atoms in total. The minimum Gasteiger partial charge on any atom is -0.461 e. The van der Waals surface area contributed by atoms with E-state index in [4.69, 9.17) is 28.4 Å². The highest BCUT2D eigenvalue weighted by molar-refractivity contribution is 5.70. The Hall–Kier alpha value is -2.69. The first kappa shape index (κ1) is 52.3. The van der Waals surface area contributed by atoms with Crippen LogP contribution in [0.2, 0.25) is 0 Å². The van der Waals surface area contributed by atoms with Gasteiger partial charge in [0.25, 0.3) is 0 Å².